The van der Waals surface area contributed by atoms with Crippen LogP contribution >= 0.6 is 0 Å². The summed E-state index contributed by atoms with van der Waals surface area (Å²) in [6.45, 7) is 13.5. The van der Waals surface area contributed by atoms with Gasteiger partial charge in [0.15, 0.2) is 0 Å². The number of halogens is 3. The second-order valence-corrected chi connectivity index (χ2v) is 15.9. The molecular formula is C50H40F3N4OPt-3. The normalized spacial score (nSPS) is 12.9. The van der Waals surface area contributed by atoms with Gasteiger partial charge in [0.1, 0.15) is 5.82 Å². The molecule has 3 heterocycles. The Kier molecular flexibility index (Phi) is 10.4. The monoisotopic (exact) mass is 964 g/mol. The van der Waals surface area contributed by atoms with Gasteiger partial charge in [-0.1, -0.05) is 98.1 Å². The van der Waals surface area contributed by atoms with Crippen molar-refractivity contribution in [3.05, 3.63) is 180 Å². The van der Waals surface area contributed by atoms with Crippen molar-refractivity contribution in [2.24, 2.45) is 0 Å². The van der Waals surface area contributed by atoms with Gasteiger partial charge in [-0.05, 0) is 83.3 Å². The molecule has 0 bridgehead atoms. The van der Waals surface area contributed by atoms with Gasteiger partial charge in [-0.3, -0.25) is 0 Å². The van der Waals surface area contributed by atoms with Crippen molar-refractivity contribution in [1.82, 2.24) is 9.55 Å². The number of rotatable bonds is 7. The van der Waals surface area contributed by atoms with Crippen molar-refractivity contribution < 1.29 is 39.0 Å². The van der Waals surface area contributed by atoms with Crippen LogP contribution in [0.5, 0.6) is 11.5 Å². The topological polar surface area (TPSA) is 33.5 Å². The number of fused-ring (bicyclic) bond motifs is 4. The van der Waals surface area contributed by atoms with E-state index in [0.717, 1.165) is 34.1 Å². The number of nitrogens with zero attached hydrogens (tertiary/aromatic N) is 4. The second-order valence-electron chi connectivity index (χ2n) is 15.9. The summed E-state index contributed by atoms with van der Waals surface area (Å²) in [5, 5.41) is 1.39. The van der Waals surface area contributed by atoms with E-state index in [1.807, 2.05) is 59.2 Å². The first-order valence-corrected chi connectivity index (χ1v) is 19.2. The number of hydrogen-bond donors (Lipinski definition) is 0. The summed E-state index contributed by atoms with van der Waals surface area (Å²) in [4.78, 5) is 9.15. The van der Waals surface area contributed by atoms with Gasteiger partial charge >= 0.3 is 6.18 Å². The summed E-state index contributed by atoms with van der Waals surface area (Å²) >= 11 is 0. The van der Waals surface area contributed by atoms with Crippen molar-refractivity contribution >= 4 is 38.9 Å². The average molecular weight is 965 g/mol. The minimum absolute atomic E-state index is 0. The number of ether oxygens (including phenoxy) is 1. The summed E-state index contributed by atoms with van der Waals surface area (Å²) < 4.78 is 51.7. The molecule has 8 aromatic rings. The Morgan fingerprint density at radius 2 is 1.41 bits per heavy atom. The number of aryl methyl sites for hydroxylation is 2. The van der Waals surface area contributed by atoms with E-state index in [9.17, 15) is 13.2 Å². The van der Waals surface area contributed by atoms with Crippen molar-refractivity contribution in [2.45, 2.75) is 52.8 Å². The fourth-order valence-electron chi connectivity index (χ4n) is 8.07. The number of alkyl halides is 3. The maximum atomic E-state index is 14.4. The fraction of sp³-hybridized carbons (Fsp3) is 0.160. The molecular weight excluding hydrogens is 925 g/mol. The minimum atomic E-state index is -4.54. The first-order valence-electron chi connectivity index (χ1n) is 19.2. The van der Waals surface area contributed by atoms with E-state index >= 15 is 0 Å². The van der Waals surface area contributed by atoms with E-state index < -0.39 is 11.7 Å². The van der Waals surface area contributed by atoms with E-state index in [-0.39, 0.29) is 32.0 Å². The third-order valence-electron chi connectivity index (χ3n) is 10.6. The van der Waals surface area contributed by atoms with Crippen LogP contribution in [0.4, 0.5) is 30.2 Å². The fourth-order valence-corrected chi connectivity index (χ4v) is 8.07. The number of pyridine rings is 1. The molecule has 0 aliphatic carbocycles. The molecule has 9 heteroatoms. The van der Waals surface area contributed by atoms with Crippen LogP contribution in [-0.4, -0.2) is 9.55 Å². The molecule has 6 aromatic carbocycles. The Bertz CT molecular complexity index is 2840. The van der Waals surface area contributed by atoms with E-state index in [2.05, 4.69) is 93.6 Å². The van der Waals surface area contributed by atoms with Crippen LogP contribution in [-0.2, 0) is 39.2 Å². The zero-order valence-electron chi connectivity index (χ0n) is 33.1. The Labute approximate surface area is 357 Å². The molecule has 0 atom stereocenters. The zero-order valence-corrected chi connectivity index (χ0v) is 35.4. The van der Waals surface area contributed by atoms with E-state index in [1.54, 1.807) is 30.5 Å². The molecule has 300 valence electrons. The predicted molar refractivity (Wildman–Crippen MR) is 227 cm³/mol. The van der Waals surface area contributed by atoms with Gasteiger partial charge < -0.3 is 19.1 Å². The number of anilines is 3. The molecule has 1 aliphatic heterocycles. The van der Waals surface area contributed by atoms with Crippen molar-refractivity contribution in [3.8, 4) is 28.4 Å². The van der Waals surface area contributed by atoms with Crippen LogP contribution in [0.15, 0.2) is 134 Å². The van der Waals surface area contributed by atoms with E-state index in [1.165, 1.54) is 28.8 Å². The van der Waals surface area contributed by atoms with Crippen molar-refractivity contribution in [3.63, 3.8) is 0 Å². The van der Waals surface area contributed by atoms with E-state index in [4.69, 9.17) is 9.72 Å². The van der Waals surface area contributed by atoms with Gasteiger partial charge in [0.05, 0.1) is 5.56 Å². The summed E-state index contributed by atoms with van der Waals surface area (Å²) in [6, 6.07) is 46.6. The first-order chi connectivity index (χ1) is 27.8. The van der Waals surface area contributed by atoms with Crippen LogP contribution < -0.4 is 14.5 Å². The summed E-state index contributed by atoms with van der Waals surface area (Å²) in [7, 11) is 0. The molecule has 0 amide bonds. The Morgan fingerprint density at radius 3 is 2.17 bits per heavy atom. The van der Waals surface area contributed by atoms with Gasteiger partial charge in [-0.15, -0.1) is 41.4 Å². The van der Waals surface area contributed by atoms with Crippen molar-refractivity contribution in [1.29, 1.82) is 0 Å². The first kappa shape index (κ1) is 40.0. The summed E-state index contributed by atoms with van der Waals surface area (Å²) in [5.74, 6) is 1.54. The molecule has 1 aliphatic rings. The Morgan fingerprint density at radius 1 is 0.712 bits per heavy atom. The Hall–Kier alpha value is -5.85. The van der Waals surface area contributed by atoms with Gasteiger partial charge in [-0.25, -0.2) is 4.98 Å². The third-order valence-corrected chi connectivity index (χ3v) is 10.6. The van der Waals surface area contributed by atoms with Gasteiger partial charge in [-0.2, -0.15) is 32.0 Å². The molecule has 59 heavy (non-hydrogen) atoms. The van der Waals surface area contributed by atoms with Gasteiger partial charge in [0, 0.05) is 62.2 Å². The molecule has 0 fully saturated rings. The van der Waals surface area contributed by atoms with E-state index in [0.29, 0.717) is 45.8 Å². The molecule has 9 rings (SSSR count). The molecule has 0 saturated carbocycles. The Balaban J connectivity index is 0.00000484. The quantitative estimate of drug-likeness (QED) is 0.149. The summed E-state index contributed by atoms with van der Waals surface area (Å²) in [6.07, 6.45) is -2.76. The van der Waals surface area contributed by atoms with Crippen LogP contribution in [0.3, 0.4) is 0 Å². The maximum absolute atomic E-state index is 14.4. The number of aromatic nitrogens is 2. The SMILES string of the molecule is Cc1cc(C)cc(CN2[CH-]N(c3[c-]c(Oc4[c-]c5c(cc4)c4c(-c6ccccc6C(F)(F)F)cccc4n5-c4cc(C(C)(C)C)ccn4)ccc3)c3ccccc32)c1.[Pt]. The molecule has 0 N–H and O–H groups in total. The van der Waals surface area contributed by atoms with Crippen LogP contribution in [0.1, 0.15) is 48.6 Å². The molecule has 0 spiro atoms. The van der Waals surface area contributed by atoms with Crippen LogP contribution in [0.25, 0.3) is 38.8 Å². The predicted octanol–water partition coefficient (Wildman–Crippen LogP) is 13.4. The number of hydrogen-bond acceptors (Lipinski definition) is 4. The standard InChI is InChI=1S/C50H40F3N4O.Pt/c1-32-24-33(2)26-34(25-32)30-55-31-56(44-18-9-8-17-43(44)55)36-12-10-13-37(28-36)58-38-20-21-41-46(29-38)57(47-27-35(22-23-54-47)49(3,4)5)45-19-11-15-40(48(41)45)39-14-6-7-16-42(39)50(51,52)53;/h6-27,31H,30H2,1-5H3;/q-3;. The zero-order chi connectivity index (χ0) is 40.3. The molecule has 5 nitrogen and oxygen atoms in total. The molecule has 0 unspecified atom stereocenters. The smallest absolute Gasteiger partial charge is 0.417 e. The minimum Gasteiger partial charge on any atom is -0.509 e. The van der Waals surface area contributed by atoms with Gasteiger partial charge in [0.25, 0.3) is 0 Å². The largest absolute Gasteiger partial charge is 0.509 e. The van der Waals surface area contributed by atoms with Crippen LogP contribution in [0, 0.1) is 32.6 Å². The maximum Gasteiger partial charge on any atom is 0.417 e. The molecule has 2 aromatic heterocycles. The average Bonchev–Trinajstić information content (AvgIpc) is 3.72. The second kappa shape index (κ2) is 15.4. The van der Waals surface area contributed by atoms with Crippen molar-refractivity contribution in [2.75, 3.05) is 9.80 Å². The molecule has 0 radical (unpaired) electrons. The van der Waals surface area contributed by atoms with Gasteiger partial charge in [0.2, 0.25) is 0 Å². The molecule has 0 saturated heterocycles. The third kappa shape index (κ3) is 7.62. The number of para-hydroxylation sites is 2. The summed E-state index contributed by atoms with van der Waals surface area (Å²) in [5.41, 5.74) is 8.74. The number of benzene rings is 6. The van der Waals surface area contributed by atoms with Crippen LogP contribution in [0.2, 0.25) is 0 Å².